The van der Waals surface area contributed by atoms with Crippen LogP contribution in [0.15, 0.2) is 6.07 Å². The summed E-state index contributed by atoms with van der Waals surface area (Å²) in [7, 11) is 0. The van der Waals surface area contributed by atoms with Crippen LogP contribution in [-0.2, 0) is 0 Å². The summed E-state index contributed by atoms with van der Waals surface area (Å²) in [5.41, 5.74) is 5.96. The van der Waals surface area contributed by atoms with E-state index in [2.05, 4.69) is 22.0 Å². The summed E-state index contributed by atoms with van der Waals surface area (Å²) < 4.78 is 0. The van der Waals surface area contributed by atoms with Gasteiger partial charge in [0.05, 0.1) is 0 Å². The molecular weight excluding hydrogens is 218 g/mol. The first-order valence-corrected chi connectivity index (χ1v) is 6.03. The number of nitrogens with zero attached hydrogens (tertiary/aromatic N) is 3. The van der Waals surface area contributed by atoms with Crippen LogP contribution in [0.4, 0.5) is 5.82 Å². The highest BCUT2D eigenvalue weighted by Crippen LogP contribution is 2.09. The van der Waals surface area contributed by atoms with Gasteiger partial charge in [-0.3, -0.25) is 14.8 Å². The van der Waals surface area contributed by atoms with Gasteiger partial charge in [0, 0.05) is 32.2 Å². The third-order valence-corrected chi connectivity index (χ3v) is 3.03. The van der Waals surface area contributed by atoms with Crippen LogP contribution in [0.1, 0.15) is 23.8 Å². The average molecular weight is 237 g/mol. The maximum absolute atomic E-state index is 12.1. The molecule has 0 atom stereocenters. The van der Waals surface area contributed by atoms with Gasteiger partial charge in [0.25, 0.3) is 5.91 Å². The minimum absolute atomic E-state index is 0.00894. The van der Waals surface area contributed by atoms with E-state index in [1.54, 1.807) is 6.07 Å². The molecule has 3 N–H and O–H groups in total. The molecule has 1 aliphatic heterocycles. The van der Waals surface area contributed by atoms with Gasteiger partial charge in [0.2, 0.25) is 0 Å². The molecule has 1 saturated heterocycles. The Morgan fingerprint density at radius 3 is 2.71 bits per heavy atom. The van der Waals surface area contributed by atoms with Crippen LogP contribution in [0.25, 0.3) is 0 Å². The fraction of sp³-hybridized carbons (Fsp3) is 0.636. The predicted octanol–water partition coefficient (Wildman–Crippen LogP) is 0.160. The van der Waals surface area contributed by atoms with Crippen molar-refractivity contribution in [2.45, 2.75) is 13.3 Å². The second-order valence-corrected chi connectivity index (χ2v) is 4.34. The predicted molar refractivity (Wildman–Crippen MR) is 65.6 cm³/mol. The number of amides is 1. The molecule has 0 unspecified atom stereocenters. The van der Waals surface area contributed by atoms with Crippen LogP contribution in [-0.4, -0.2) is 58.6 Å². The van der Waals surface area contributed by atoms with Crippen molar-refractivity contribution in [2.75, 3.05) is 38.5 Å². The summed E-state index contributed by atoms with van der Waals surface area (Å²) in [5, 5.41) is 6.43. The molecule has 17 heavy (non-hydrogen) atoms. The van der Waals surface area contributed by atoms with E-state index >= 15 is 0 Å². The van der Waals surface area contributed by atoms with E-state index in [-0.39, 0.29) is 5.91 Å². The Morgan fingerprint density at radius 2 is 2.18 bits per heavy atom. The molecule has 2 heterocycles. The number of anilines is 1. The maximum atomic E-state index is 12.1. The van der Waals surface area contributed by atoms with Gasteiger partial charge in [-0.2, -0.15) is 5.10 Å². The van der Waals surface area contributed by atoms with E-state index in [1.807, 2.05) is 4.90 Å². The number of nitrogens with two attached hydrogens (primary N) is 1. The first kappa shape index (κ1) is 11.9. The molecule has 6 nitrogen and oxygen atoms in total. The highest BCUT2D eigenvalue weighted by Gasteiger charge is 2.22. The van der Waals surface area contributed by atoms with E-state index in [0.717, 1.165) is 39.1 Å². The summed E-state index contributed by atoms with van der Waals surface area (Å²) >= 11 is 0. The number of H-pyrrole nitrogens is 1. The van der Waals surface area contributed by atoms with E-state index in [4.69, 9.17) is 5.73 Å². The van der Waals surface area contributed by atoms with Crippen LogP contribution < -0.4 is 5.73 Å². The second kappa shape index (κ2) is 5.18. The number of aromatic nitrogens is 2. The van der Waals surface area contributed by atoms with Crippen LogP contribution in [0, 0.1) is 0 Å². The van der Waals surface area contributed by atoms with Crippen molar-refractivity contribution in [3.63, 3.8) is 0 Å². The van der Waals surface area contributed by atoms with E-state index in [9.17, 15) is 4.79 Å². The molecule has 0 spiro atoms. The van der Waals surface area contributed by atoms with Gasteiger partial charge in [-0.1, -0.05) is 6.92 Å². The smallest absolute Gasteiger partial charge is 0.272 e. The minimum Gasteiger partial charge on any atom is -0.382 e. The zero-order valence-electron chi connectivity index (χ0n) is 10.1. The van der Waals surface area contributed by atoms with Crippen molar-refractivity contribution in [2.24, 2.45) is 0 Å². The summed E-state index contributed by atoms with van der Waals surface area (Å²) in [6.45, 7) is 6.73. The molecule has 0 radical (unpaired) electrons. The van der Waals surface area contributed by atoms with Crippen LogP contribution in [0.2, 0.25) is 0 Å². The Hall–Kier alpha value is -1.56. The Bertz CT molecular complexity index is 381. The lowest BCUT2D eigenvalue weighted by atomic mass is 10.2. The van der Waals surface area contributed by atoms with Crippen molar-refractivity contribution in [3.05, 3.63) is 11.8 Å². The molecule has 0 aliphatic carbocycles. The number of nitrogen functional groups attached to an aromatic ring is 1. The normalized spacial score (nSPS) is 17.4. The lowest BCUT2D eigenvalue weighted by molar-refractivity contribution is 0.0631. The zero-order chi connectivity index (χ0) is 12.3. The Balaban J connectivity index is 1.90. The van der Waals surface area contributed by atoms with Crippen molar-refractivity contribution in [3.8, 4) is 0 Å². The largest absolute Gasteiger partial charge is 0.382 e. The molecule has 1 aromatic rings. The van der Waals surface area contributed by atoms with E-state index in [1.165, 1.54) is 0 Å². The third kappa shape index (κ3) is 2.76. The number of nitrogens with one attached hydrogen (secondary N) is 1. The highest BCUT2D eigenvalue weighted by molar-refractivity contribution is 5.93. The van der Waals surface area contributed by atoms with Gasteiger partial charge >= 0.3 is 0 Å². The van der Waals surface area contributed by atoms with Crippen molar-refractivity contribution >= 4 is 11.7 Å². The van der Waals surface area contributed by atoms with E-state index < -0.39 is 0 Å². The quantitative estimate of drug-likeness (QED) is 0.785. The standard InChI is InChI=1S/C11H19N5O/c1-2-3-15-4-6-16(7-5-15)11(17)9-8-10(12)14-13-9/h8H,2-7H2,1H3,(H3,12,13,14). The zero-order valence-corrected chi connectivity index (χ0v) is 10.1. The first-order valence-electron chi connectivity index (χ1n) is 6.03. The fourth-order valence-corrected chi connectivity index (χ4v) is 2.11. The Labute approximate surface area is 101 Å². The summed E-state index contributed by atoms with van der Waals surface area (Å²) in [5.74, 6) is 0.350. The Morgan fingerprint density at radius 1 is 1.47 bits per heavy atom. The molecule has 1 aliphatic rings. The average Bonchev–Trinajstić information content (AvgIpc) is 2.76. The molecule has 2 rings (SSSR count). The monoisotopic (exact) mass is 237 g/mol. The van der Waals surface area contributed by atoms with E-state index in [0.29, 0.717) is 11.5 Å². The number of hydrogen-bond donors (Lipinski definition) is 2. The van der Waals surface area contributed by atoms with Crippen molar-refractivity contribution in [1.29, 1.82) is 0 Å². The van der Waals surface area contributed by atoms with Gasteiger partial charge in [0.1, 0.15) is 11.5 Å². The minimum atomic E-state index is -0.00894. The number of rotatable bonds is 3. The molecule has 1 aromatic heterocycles. The molecule has 1 amide bonds. The van der Waals surface area contributed by atoms with Crippen LogP contribution >= 0.6 is 0 Å². The highest BCUT2D eigenvalue weighted by atomic mass is 16.2. The SMILES string of the molecule is CCCN1CCN(C(=O)c2cc(N)n[nH]2)CC1. The molecule has 0 aromatic carbocycles. The Kier molecular flexibility index (Phi) is 3.63. The van der Waals surface area contributed by atoms with Crippen LogP contribution in [0.3, 0.4) is 0 Å². The molecule has 0 saturated carbocycles. The molecule has 1 fully saturated rings. The van der Waals surface area contributed by atoms with Gasteiger partial charge in [-0.05, 0) is 13.0 Å². The number of hydrogen-bond acceptors (Lipinski definition) is 4. The van der Waals surface area contributed by atoms with Gasteiger partial charge in [0.15, 0.2) is 0 Å². The summed E-state index contributed by atoms with van der Waals surface area (Å²) in [6, 6.07) is 1.58. The molecule has 6 heteroatoms. The number of piperazine rings is 1. The lowest BCUT2D eigenvalue weighted by Crippen LogP contribution is -2.48. The molecule has 0 bridgehead atoms. The van der Waals surface area contributed by atoms with Gasteiger partial charge in [-0.25, -0.2) is 0 Å². The van der Waals surface area contributed by atoms with Crippen molar-refractivity contribution in [1.82, 2.24) is 20.0 Å². The summed E-state index contributed by atoms with van der Waals surface area (Å²) in [6.07, 6.45) is 1.16. The van der Waals surface area contributed by atoms with Gasteiger partial charge in [-0.15, -0.1) is 0 Å². The second-order valence-electron chi connectivity index (χ2n) is 4.34. The maximum Gasteiger partial charge on any atom is 0.272 e. The fourth-order valence-electron chi connectivity index (χ4n) is 2.11. The number of carbonyl (C=O) groups is 1. The van der Waals surface area contributed by atoms with Crippen LogP contribution in [0.5, 0.6) is 0 Å². The number of aromatic amines is 1. The van der Waals surface area contributed by atoms with Gasteiger partial charge < -0.3 is 10.6 Å². The summed E-state index contributed by atoms with van der Waals surface area (Å²) in [4.78, 5) is 16.3. The number of carbonyl (C=O) groups excluding carboxylic acids is 1. The molecule has 94 valence electrons. The third-order valence-electron chi connectivity index (χ3n) is 3.03. The van der Waals surface area contributed by atoms with Crippen molar-refractivity contribution < 1.29 is 4.79 Å². The topological polar surface area (TPSA) is 78.2 Å². The first-order chi connectivity index (χ1) is 8.20. The lowest BCUT2D eigenvalue weighted by Gasteiger charge is -2.34. The molecular formula is C11H19N5O.